The van der Waals surface area contributed by atoms with E-state index in [1.807, 2.05) is 16.9 Å². The highest BCUT2D eigenvalue weighted by Crippen LogP contribution is 2.17. The number of rotatable bonds is 5. The van der Waals surface area contributed by atoms with E-state index in [0.29, 0.717) is 0 Å². The molecule has 0 saturated carbocycles. The van der Waals surface area contributed by atoms with Gasteiger partial charge in [-0.05, 0) is 50.1 Å². The van der Waals surface area contributed by atoms with Crippen molar-refractivity contribution in [3.63, 3.8) is 0 Å². The van der Waals surface area contributed by atoms with Crippen LogP contribution in [-0.2, 0) is 13.0 Å². The topological polar surface area (TPSA) is 42.7 Å². The summed E-state index contributed by atoms with van der Waals surface area (Å²) in [6.07, 6.45) is 2.86. The van der Waals surface area contributed by atoms with Crippen molar-refractivity contribution in [3.8, 4) is 5.82 Å². The quantitative estimate of drug-likeness (QED) is 0.896. The van der Waals surface area contributed by atoms with Gasteiger partial charge < -0.3 is 5.32 Å². The molecule has 0 aliphatic carbocycles. The molecule has 2 aromatic heterocycles. The molecule has 0 radical (unpaired) electrons. The summed E-state index contributed by atoms with van der Waals surface area (Å²) in [5.74, 6) is 0.899. The normalized spacial score (nSPS) is 10.9. The molecule has 4 heteroatoms. The molecule has 19 heavy (non-hydrogen) atoms. The molecular weight excluding hydrogens is 236 g/mol. The van der Waals surface area contributed by atoms with E-state index in [9.17, 15) is 0 Å². The third-order valence-corrected chi connectivity index (χ3v) is 3.40. The van der Waals surface area contributed by atoms with Crippen LogP contribution in [0.25, 0.3) is 5.82 Å². The van der Waals surface area contributed by atoms with E-state index < -0.39 is 0 Å². The van der Waals surface area contributed by atoms with Crippen molar-refractivity contribution < 1.29 is 0 Å². The van der Waals surface area contributed by atoms with E-state index in [2.05, 4.69) is 49.2 Å². The van der Waals surface area contributed by atoms with E-state index >= 15 is 0 Å². The summed E-state index contributed by atoms with van der Waals surface area (Å²) in [6, 6.07) is 4.14. The lowest BCUT2D eigenvalue weighted by Gasteiger charge is -2.07. The fourth-order valence-electron chi connectivity index (χ4n) is 2.37. The maximum atomic E-state index is 4.61. The summed E-state index contributed by atoms with van der Waals surface area (Å²) in [4.78, 5) is 4.44. The minimum absolute atomic E-state index is 0.867. The van der Waals surface area contributed by atoms with E-state index in [0.717, 1.165) is 31.0 Å². The molecule has 102 valence electrons. The number of hydrogen-bond acceptors (Lipinski definition) is 3. The number of pyridine rings is 1. The average Bonchev–Trinajstić information content (AvgIpc) is 2.71. The van der Waals surface area contributed by atoms with Gasteiger partial charge in [0.05, 0.1) is 5.69 Å². The van der Waals surface area contributed by atoms with E-state index in [-0.39, 0.29) is 0 Å². The molecule has 0 aromatic carbocycles. The summed E-state index contributed by atoms with van der Waals surface area (Å²) in [7, 11) is 0. The smallest absolute Gasteiger partial charge is 0.153 e. The van der Waals surface area contributed by atoms with Crippen LogP contribution < -0.4 is 5.32 Å². The first-order chi connectivity index (χ1) is 9.17. The molecule has 0 saturated heterocycles. The van der Waals surface area contributed by atoms with Gasteiger partial charge in [-0.2, -0.15) is 5.10 Å². The fourth-order valence-corrected chi connectivity index (χ4v) is 2.37. The molecule has 0 aliphatic heterocycles. The monoisotopic (exact) mass is 258 g/mol. The Morgan fingerprint density at radius 2 is 2.05 bits per heavy atom. The van der Waals surface area contributed by atoms with Crippen molar-refractivity contribution in [2.75, 3.05) is 6.54 Å². The van der Waals surface area contributed by atoms with Crippen LogP contribution in [-0.4, -0.2) is 21.3 Å². The first-order valence-corrected chi connectivity index (χ1v) is 6.88. The lowest BCUT2D eigenvalue weighted by atomic mass is 10.1. The van der Waals surface area contributed by atoms with Gasteiger partial charge in [0.2, 0.25) is 0 Å². The Morgan fingerprint density at radius 3 is 2.68 bits per heavy atom. The van der Waals surface area contributed by atoms with E-state index in [4.69, 9.17) is 0 Å². The lowest BCUT2D eigenvalue weighted by Crippen LogP contribution is -2.12. The Balaban J connectivity index is 2.36. The van der Waals surface area contributed by atoms with Gasteiger partial charge in [-0.1, -0.05) is 13.8 Å². The Hall–Kier alpha value is -1.68. The SMILES string of the molecule is CCNCc1ccnc(-n2nc(C)c(CC)c2C)c1. The lowest BCUT2D eigenvalue weighted by molar-refractivity contribution is 0.721. The van der Waals surface area contributed by atoms with E-state index in [1.54, 1.807) is 0 Å². The zero-order chi connectivity index (χ0) is 13.8. The highest BCUT2D eigenvalue weighted by Gasteiger charge is 2.11. The molecular formula is C15H22N4. The van der Waals surface area contributed by atoms with Gasteiger partial charge in [0.1, 0.15) is 0 Å². The van der Waals surface area contributed by atoms with Crippen molar-refractivity contribution in [1.82, 2.24) is 20.1 Å². The van der Waals surface area contributed by atoms with Gasteiger partial charge in [-0.3, -0.25) is 0 Å². The number of aryl methyl sites for hydroxylation is 1. The maximum absolute atomic E-state index is 4.61. The predicted octanol–water partition coefficient (Wildman–Crippen LogP) is 2.56. The molecule has 0 spiro atoms. The predicted molar refractivity (Wildman–Crippen MR) is 77.6 cm³/mol. The van der Waals surface area contributed by atoms with Crippen molar-refractivity contribution in [2.24, 2.45) is 0 Å². The minimum Gasteiger partial charge on any atom is -0.313 e. The Kier molecular flexibility index (Phi) is 4.32. The van der Waals surface area contributed by atoms with Crippen LogP contribution in [0.1, 0.15) is 36.4 Å². The van der Waals surface area contributed by atoms with Crippen LogP contribution in [0, 0.1) is 13.8 Å². The summed E-state index contributed by atoms with van der Waals surface area (Å²) in [5.41, 5.74) is 4.84. The number of nitrogens with one attached hydrogen (secondary N) is 1. The minimum atomic E-state index is 0.867. The molecule has 2 rings (SSSR count). The molecule has 0 unspecified atom stereocenters. The number of nitrogens with zero attached hydrogens (tertiary/aromatic N) is 3. The summed E-state index contributed by atoms with van der Waals surface area (Å²) in [5, 5.41) is 7.93. The van der Waals surface area contributed by atoms with Crippen LogP contribution in [0.4, 0.5) is 0 Å². The third kappa shape index (κ3) is 2.84. The number of aromatic nitrogens is 3. The van der Waals surface area contributed by atoms with Gasteiger partial charge >= 0.3 is 0 Å². The summed E-state index contributed by atoms with van der Waals surface area (Å²) < 4.78 is 1.95. The second-order valence-electron chi connectivity index (χ2n) is 4.72. The highest BCUT2D eigenvalue weighted by molar-refractivity contribution is 5.34. The van der Waals surface area contributed by atoms with Crippen molar-refractivity contribution in [1.29, 1.82) is 0 Å². The Labute approximate surface area is 114 Å². The zero-order valence-corrected chi connectivity index (χ0v) is 12.2. The third-order valence-electron chi connectivity index (χ3n) is 3.40. The average molecular weight is 258 g/mol. The summed E-state index contributed by atoms with van der Waals surface area (Å²) >= 11 is 0. The van der Waals surface area contributed by atoms with Crippen LogP contribution >= 0.6 is 0 Å². The highest BCUT2D eigenvalue weighted by atomic mass is 15.3. The molecule has 0 aliphatic rings. The molecule has 0 amide bonds. The zero-order valence-electron chi connectivity index (χ0n) is 12.2. The second-order valence-corrected chi connectivity index (χ2v) is 4.72. The molecule has 0 atom stereocenters. The fraction of sp³-hybridized carbons (Fsp3) is 0.467. The van der Waals surface area contributed by atoms with Gasteiger partial charge in [0.15, 0.2) is 5.82 Å². The van der Waals surface area contributed by atoms with E-state index in [1.165, 1.54) is 16.8 Å². The Morgan fingerprint density at radius 1 is 1.26 bits per heavy atom. The van der Waals surface area contributed by atoms with Gasteiger partial charge in [0.25, 0.3) is 0 Å². The van der Waals surface area contributed by atoms with Crippen LogP contribution in [0.15, 0.2) is 18.3 Å². The number of hydrogen-bond donors (Lipinski definition) is 1. The second kappa shape index (κ2) is 5.97. The first kappa shape index (κ1) is 13.7. The molecule has 2 aromatic rings. The standard InChI is InChI=1S/C15H22N4/c1-5-14-11(3)18-19(12(14)4)15-9-13(7-8-17-15)10-16-6-2/h7-9,16H,5-6,10H2,1-4H3. The van der Waals surface area contributed by atoms with Crippen LogP contribution in [0.5, 0.6) is 0 Å². The van der Waals surface area contributed by atoms with Gasteiger partial charge in [-0.25, -0.2) is 9.67 Å². The maximum Gasteiger partial charge on any atom is 0.153 e. The molecule has 4 nitrogen and oxygen atoms in total. The van der Waals surface area contributed by atoms with Gasteiger partial charge in [-0.15, -0.1) is 0 Å². The van der Waals surface area contributed by atoms with Crippen LogP contribution in [0.2, 0.25) is 0 Å². The molecule has 2 heterocycles. The molecule has 0 fully saturated rings. The van der Waals surface area contributed by atoms with Crippen molar-refractivity contribution in [3.05, 3.63) is 40.8 Å². The molecule has 1 N–H and O–H groups in total. The van der Waals surface area contributed by atoms with Crippen molar-refractivity contribution >= 4 is 0 Å². The summed E-state index contributed by atoms with van der Waals surface area (Å²) in [6.45, 7) is 10.3. The van der Waals surface area contributed by atoms with Crippen LogP contribution in [0.3, 0.4) is 0 Å². The first-order valence-electron chi connectivity index (χ1n) is 6.88. The Bertz CT molecular complexity index is 557. The van der Waals surface area contributed by atoms with Gasteiger partial charge in [0, 0.05) is 18.4 Å². The largest absolute Gasteiger partial charge is 0.313 e. The molecule has 0 bridgehead atoms. The van der Waals surface area contributed by atoms with Crippen molar-refractivity contribution in [2.45, 2.75) is 40.7 Å².